The van der Waals surface area contributed by atoms with Crippen LogP contribution < -0.4 is 20.5 Å². The quantitative estimate of drug-likeness (QED) is 0.870. The molecule has 0 saturated heterocycles. The number of nitrogens with two attached hydrogens (primary N) is 1. The van der Waals surface area contributed by atoms with E-state index in [0.29, 0.717) is 23.1 Å². The topological polar surface area (TPSA) is 82.3 Å². The average Bonchev–Trinajstić information content (AvgIpc) is 2.46. The monoisotopic (exact) mass is 274 g/mol. The van der Waals surface area contributed by atoms with Crippen molar-refractivity contribution in [2.45, 2.75) is 13.0 Å². The lowest BCUT2D eigenvalue weighted by Crippen LogP contribution is -2.09. The Bertz CT molecular complexity index is 589. The maximum Gasteiger partial charge on any atom is 0.161 e. The van der Waals surface area contributed by atoms with Crippen molar-refractivity contribution in [3.63, 3.8) is 0 Å². The maximum atomic E-state index is 5.63. The van der Waals surface area contributed by atoms with Crippen LogP contribution in [0.2, 0.25) is 0 Å². The Morgan fingerprint density at radius 2 is 1.85 bits per heavy atom. The standard InChI is InChI=1S/C14H18N4O2/c1-9(18-14-7-13(15)16-8-17-14)10-4-5-11(19-2)12(6-10)20-3/h4-9H,1-3H3,(H3,15,16,17,18). The lowest BCUT2D eigenvalue weighted by molar-refractivity contribution is 0.354. The van der Waals surface area contributed by atoms with Gasteiger partial charge in [-0.3, -0.25) is 0 Å². The second-order valence-electron chi connectivity index (χ2n) is 4.31. The first-order valence-corrected chi connectivity index (χ1v) is 6.20. The summed E-state index contributed by atoms with van der Waals surface area (Å²) in [6.45, 7) is 2.03. The number of aromatic nitrogens is 2. The second kappa shape index (κ2) is 6.10. The molecule has 20 heavy (non-hydrogen) atoms. The number of hydrogen-bond donors (Lipinski definition) is 2. The van der Waals surface area contributed by atoms with Gasteiger partial charge in [0.05, 0.1) is 20.3 Å². The summed E-state index contributed by atoms with van der Waals surface area (Å²) in [6, 6.07) is 7.52. The summed E-state index contributed by atoms with van der Waals surface area (Å²) in [5.41, 5.74) is 6.68. The Morgan fingerprint density at radius 1 is 1.10 bits per heavy atom. The van der Waals surface area contributed by atoms with Crippen LogP contribution in [0.15, 0.2) is 30.6 Å². The van der Waals surface area contributed by atoms with Gasteiger partial charge < -0.3 is 20.5 Å². The van der Waals surface area contributed by atoms with Crippen molar-refractivity contribution in [2.24, 2.45) is 0 Å². The van der Waals surface area contributed by atoms with Crippen molar-refractivity contribution in [3.05, 3.63) is 36.2 Å². The molecule has 0 bridgehead atoms. The molecule has 1 aromatic heterocycles. The molecular formula is C14H18N4O2. The zero-order valence-corrected chi connectivity index (χ0v) is 11.8. The fourth-order valence-corrected chi connectivity index (χ4v) is 1.88. The van der Waals surface area contributed by atoms with Gasteiger partial charge in [0, 0.05) is 6.07 Å². The molecule has 0 saturated carbocycles. The molecule has 0 aliphatic rings. The number of ether oxygens (including phenoxy) is 2. The van der Waals surface area contributed by atoms with Crippen molar-refractivity contribution in [2.75, 3.05) is 25.3 Å². The van der Waals surface area contributed by atoms with Crippen molar-refractivity contribution < 1.29 is 9.47 Å². The molecular weight excluding hydrogens is 256 g/mol. The van der Waals surface area contributed by atoms with Gasteiger partial charge in [0.25, 0.3) is 0 Å². The third-order valence-electron chi connectivity index (χ3n) is 2.96. The Balaban J connectivity index is 2.18. The van der Waals surface area contributed by atoms with E-state index in [4.69, 9.17) is 15.2 Å². The summed E-state index contributed by atoms with van der Waals surface area (Å²) >= 11 is 0. The Kier molecular flexibility index (Phi) is 4.24. The van der Waals surface area contributed by atoms with Gasteiger partial charge in [-0.1, -0.05) is 6.07 Å². The third-order valence-corrected chi connectivity index (χ3v) is 2.96. The van der Waals surface area contributed by atoms with Crippen LogP contribution >= 0.6 is 0 Å². The summed E-state index contributed by atoms with van der Waals surface area (Å²) in [7, 11) is 3.23. The normalized spacial score (nSPS) is 11.8. The van der Waals surface area contributed by atoms with Crippen LogP contribution in [0.5, 0.6) is 11.5 Å². The van der Waals surface area contributed by atoms with Crippen molar-refractivity contribution in [1.82, 2.24) is 9.97 Å². The van der Waals surface area contributed by atoms with Crippen LogP contribution in [0.3, 0.4) is 0 Å². The van der Waals surface area contributed by atoms with E-state index in [-0.39, 0.29) is 6.04 Å². The number of hydrogen-bond acceptors (Lipinski definition) is 6. The fraction of sp³-hybridized carbons (Fsp3) is 0.286. The molecule has 1 heterocycles. The Morgan fingerprint density at radius 3 is 2.50 bits per heavy atom. The second-order valence-corrected chi connectivity index (χ2v) is 4.31. The van der Waals surface area contributed by atoms with Crippen LogP contribution in [0.4, 0.5) is 11.6 Å². The van der Waals surface area contributed by atoms with E-state index in [1.807, 2.05) is 25.1 Å². The molecule has 2 aromatic rings. The molecule has 1 unspecified atom stereocenters. The predicted molar refractivity (Wildman–Crippen MR) is 78.0 cm³/mol. The molecule has 1 atom stereocenters. The highest BCUT2D eigenvalue weighted by Gasteiger charge is 2.10. The molecule has 6 nitrogen and oxygen atoms in total. The highest BCUT2D eigenvalue weighted by Crippen LogP contribution is 2.30. The number of nitrogen functional groups attached to an aromatic ring is 1. The number of anilines is 2. The number of benzene rings is 1. The van der Waals surface area contributed by atoms with Gasteiger partial charge in [0.2, 0.25) is 0 Å². The van der Waals surface area contributed by atoms with Crippen molar-refractivity contribution in [1.29, 1.82) is 0 Å². The van der Waals surface area contributed by atoms with Crippen LogP contribution in [0, 0.1) is 0 Å². The molecule has 0 aliphatic heterocycles. The van der Waals surface area contributed by atoms with Gasteiger partial charge in [-0.05, 0) is 24.6 Å². The first-order chi connectivity index (χ1) is 9.63. The molecule has 0 spiro atoms. The van der Waals surface area contributed by atoms with Crippen LogP contribution in [0.1, 0.15) is 18.5 Å². The zero-order valence-electron chi connectivity index (χ0n) is 11.8. The summed E-state index contributed by atoms with van der Waals surface area (Å²) in [5, 5.41) is 3.26. The minimum atomic E-state index is 0.0455. The van der Waals surface area contributed by atoms with Crippen molar-refractivity contribution in [3.8, 4) is 11.5 Å². The van der Waals surface area contributed by atoms with Gasteiger partial charge in [0.15, 0.2) is 11.5 Å². The number of methoxy groups -OCH3 is 2. The SMILES string of the molecule is COc1ccc(C(C)Nc2cc(N)ncn2)cc1OC. The minimum absolute atomic E-state index is 0.0455. The average molecular weight is 274 g/mol. The number of nitrogens with one attached hydrogen (secondary N) is 1. The molecule has 1 aromatic carbocycles. The molecule has 0 radical (unpaired) electrons. The van der Waals surface area contributed by atoms with Gasteiger partial charge in [-0.25, -0.2) is 9.97 Å². The van der Waals surface area contributed by atoms with Crippen LogP contribution in [-0.2, 0) is 0 Å². The van der Waals surface area contributed by atoms with Crippen LogP contribution in [-0.4, -0.2) is 24.2 Å². The van der Waals surface area contributed by atoms with E-state index in [9.17, 15) is 0 Å². The predicted octanol–water partition coefficient (Wildman–Crippen LogP) is 2.25. The van der Waals surface area contributed by atoms with Gasteiger partial charge in [-0.2, -0.15) is 0 Å². The number of nitrogens with zero attached hydrogens (tertiary/aromatic N) is 2. The Hall–Kier alpha value is -2.50. The van der Waals surface area contributed by atoms with Gasteiger partial charge in [0.1, 0.15) is 18.0 Å². The zero-order chi connectivity index (χ0) is 14.5. The highest BCUT2D eigenvalue weighted by molar-refractivity contribution is 5.48. The molecule has 106 valence electrons. The molecule has 0 aliphatic carbocycles. The number of rotatable bonds is 5. The summed E-state index contributed by atoms with van der Waals surface area (Å²) in [5.74, 6) is 2.51. The van der Waals surface area contributed by atoms with E-state index in [0.717, 1.165) is 5.56 Å². The first-order valence-electron chi connectivity index (χ1n) is 6.20. The minimum Gasteiger partial charge on any atom is -0.493 e. The molecule has 0 amide bonds. The lowest BCUT2D eigenvalue weighted by atomic mass is 10.1. The fourth-order valence-electron chi connectivity index (χ4n) is 1.88. The molecule has 0 fully saturated rings. The molecule has 6 heteroatoms. The molecule has 2 rings (SSSR count). The van der Waals surface area contributed by atoms with E-state index >= 15 is 0 Å². The maximum absolute atomic E-state index is 5.63. The molecule has 3 N–H and O–H groups in total. The van der Waals surface area contributed by atoms with E-state index < -0.39 is 0 Å². The van der Waals surface area contributed by atoms with Gasteiger partial charge in [-0.15, -0.1) is 0 Å². The van der Waals surface area contributed by atoms with E-state index in [1.54, 1.807) is 20.3 Å². The van der Waals surface area contributed by atoms with Gasteiger partial charge >= 0.3 is 0 Å². The highest BCUT2D eigenvalue weighted by atomic mass is 16.5. The lowest BCUT2D eigenvalue weighted by Gasteiger charge is -2.17. The smallest absolute Gasteiger partial charge is 0.161 e. The summed E-state index contributed by atoms with van der Waals surface area (Å²) < 4.78 is 10.5. The Labute approximate surface area is 118 Å². The van der Waals surface area contributed by atoms with E-state index in [1.165, 1.54) is 6.33 Å². The summed E-state index contributed by atoms with van der Waals surface area (Å²) in [6.07, 6.45) is 1.43. The summed E-state index contributed by atoms with van der Waals surface area (Å²) in [4.78, 5) is 7.98. The first kappa shape index (κ1) is 13.9. The van der Waals surface area contributed by atoms with E-state index in [2.05, 4.69) is 15.3 Å². The third kappa shape index (κ3) is 3.09. The largest absolute Gasteiger partial charge is 0.493 e. The van der Waals surface area contributed by atoms with Crippen LogP contribution in [0.25, 0.3) is 0 Å². The van der Waals surface area contributed by atoms with Crippen molar-refractivity contribution >= 4 is 11.6 Å².